The minimum atomic E-state index is -0.303. The molecule has 1 unspecified atom stereocenters. The van der Waals surface area contributed by atoms with E-state index in [-0.39, 0.29) is 41.8 Å². The number of hydrogen-bond acceptors (Lipinski definition) is 6. The smallest absolute Gasteiger partial charge is 0.170 e. The summed E-state index contributed by atoms with van der Waals surface area (Å²) in [4.78, 5) is 28.4. The minimum absolute atomic E-state index is 0.0941. The number of pyridine rings is 1. The van der Waals surface area contributed by atoms with Crippen LogP contribution in [0, 0.1) is 0 Å². The third-order valence-electron chi connectivity index (χ3n) is 4.40. The first-order valence-corrected chi connectivity index (χ1v) is 8.26. The van der Waals surface area contributed by atoms with E-state index in [1.165, 1.54) is 0 Å². The molecule has 2 aliphatic rings. The first-order chi connectivity index (χ1) is 12.1. The Morgan fingerprint density at radius 2 is 2.00 bits per heavy atom. The fraction of sp³-hybridized carbons (Fsp3) is 0.316. The summed E-state index contributed by atoms with van der Waals surface area (Å²) in [5, 5.41) is 11.2. The fourth-order valence-corrected chi connectivity index (χ4v) is 2.96. The maximum absolute atomic E-state index is 12.0. The van der Waals surface area contributed by atoms with Gasteiger partial charge in [0, 0.05) is 30.0 Å². The molecule has 1 aliphatic carbocycles. The van der Waals surface area contributed by atoms with Crippen LogP contribution in [0.1, 0.15) is 24.8 Å². The molecule has 1 saturated heterocycles. The summed E-state index contributed by atoms with van der Waals surface area (Å²) in [6, 6.07) is 6.83. The summed E-state index contributed by atoms with van der Waals surface area (Å²) >= 11 is 0. The van der Waals surface area contributed by atoms with E-state index in [2.05, 4.69) is 4.98 Å². The van der Waals surface area contributed by atoms with Gasteiger partial charge in [-0.05, 0) is 30.7 Å². The Balaban J connectivity index is 1.75. The molecule has 6 heteroatoms. The summed E-state index contributed by atoms with van der Waals surface area (Å²) in [7, 11) is 0. The Bertz CT molecular complexity index is 880. The Morgan fingerprint density at radius 3 is 2.72 bits per heavy atom. The number of ether oxygens (including phenoxy) is 2. The van der Waals surface area contributed by atoms with E-state index in [4.69, 9.17) is 9.47 Å². The number of benzene rings is 1. The normalized spacial score (nSPS) is 20.0. The van der Waals surface area contributed by atoms with Crippen LogP contribution in [-0.4, -0.2) is 41.0 Å². The summed E-state index contributed by atoms with van der Waals surface area (Å²) in [6.45, 7) is 1.15. The van der Waals surface area contributed by atoms with Crippen LogP contribution in [0.25, 0.3) is 16.7 Å². The molecule has 2 heterocycles. The van der Waals surface area contributed by atoms with Crippen molar-refractivity contribution in [3.63, 3.8) is 0 Å². The fourth-order valence-electron chi connectivity index (χ4n) is 2.96. The molecule has 1 saturated carbocycles. The van der Waals surface area contributed by atoms with Gasteiger partial charge in [0.05, 0.1) is 12.1 Å². The van der Waals surface area contributed by atoms with Crippen molar-refractivity contribution in [2.45, 2.75) is 25.4 Å². The minimum Gasteiger partial charge on any atom is -0.506 e. The molecule has 6 nitrogen and oxygen atoms in total. The number of fused-ring (bicyclic) bond motifs is 1. The maximum Gasteiger partial charge on any atom is 0.170 e. The molecule has 2 fully saturated rings. The van der Waals surface area contributed by atoms with Gasteiger partial charge < -0.3 is 14.6 Å². The largest absolute Gasteiger partial charge is 0.506 e. The Labute approximate surface area is 144 Å². The zero-order valence-corrected chi connectivity index (χ0v) is 13.5. The zero-order chi connectivity index (χ0) is 17.4. The van der Waals surface area contributed by atoms with E-state index < -0.39 is 0 Å². The number of Topliss-reactive ketones (excluding diaryl/α,β-unsaturated/α-hetero) is 2. The lowest BCUT2D eigenvalue weighted by molar-refractivity contribution is -0.123. The van der Waals surface area contributed by atoms with Crippen LogP contribution in [0.4, 0.5) is 0 Å². The van der Waals surface area contributed by atoms with Crippen LogP contribution in [0.3, 0.4) is 0 Å². The number of epoxide rings is 1. The van der Waals surface area contributed by atoms with Crippen molar-refractivity contribution in [3.8, 4) is 5.75 Å². The van der Waals surface area contributed by atoms with Crippen molar-refractivity contribution in [2.75, 3.05) is 13.2 Å². The molecule has 1 aromatic carbocycles. The second-order valence-corrected chi connectivity index (χ2v) is 6.23. The molecule has 0 spiro atoms. The van der Waals surface area contributed by atoms with Crippen LogP contribution >= 0.6 is 0 Å². The number of hydrogen-bond donors (Lipinski definition) is 1. The predicted octanol–water partition coefficient (Wildman–Crippen LogP) is 2.60. The molecule has 0 amide bonds. The molecular formula is C19H17NO5. The zero-order valence-electron chi connectivity index (χ0n) is 13.5. The van der Waals surface area contributed by atoms with E-state index >= 15 is 0 Å². The van der Waals surface area contributed by atoms with Gasteiger partial charge in [-0.15, -0.1) is 0 Å². The Kier molecular flexibility index (Phi) is 3.97. The number of aliphatic hydroxyl groups excluding tert-OH is 1. The predicted molar refractivity (Wildman–Crippen MR) is 90.4 cm³/mol. The van der Waals surface area contributed by atoms with Gasteiger partial charge in [0.2, 0.25) is 0 Å². The second-order valence-electron chi connectivity index (χ2n) is 6.23. The number of aromatic nitrogens is 1. The summed E-state index contributed by atoms with van der Waals surface area (Å²) < 4.78 is 10.9. The maximum atomic E-state index is 12.0. The highest BCUT2D eigenvalue weighted by Crippen LogP contribution is 2.30. The average Bonchev–Trinajstić information content (AvgIpc) is 3.43. The van der Waals surface area contributed by atoms with E-state index in [0.29, 0.717) is 41.9 Å². The van der Waals surface area contributed by atoms with Crippen molar-refractivity contribution in [3.05, 3.63) is 41.6 Å². The summed E-state index contributed by atoms with van der Waals surface area (Å²) in [6.07, 6.45) is 2.89. The van der Waals surface area contributed by atoms with Crippen molar-refractivity contribution in [2.24, 2.45) is 0 Å². The first kappa shape index (κ1) is 15.8. The SMILES string of the molecule is O=C1CCCC(=O)C1=C(O)c1ccc2nccc(OCC3CO3)c2c1. The van der Waals surface area contributed by atoms with Gasteiger partial charge in [0.15, 0.2) is 11.6 Å². The van der Waals surface area contributed by atoms with Gasteiger partial charge in [-0.1, -0.05) is 0 Å². The molecule has 2 aromatic rings. The second kappa shape index (κ2) is 6.29. The topological polar surface area (TPSA) is 89.0 Å². The third-order valence-corrected chi connectivity index (χ3v) is 4.40. The average molecular weight is 339 g/mol. The van der Waals surface area contributed by atoms with Crippen LogP contribution in [0.15, 0.2) is 36.0 Å². The molecule has 1 aliphatic heterocycles. The highest BCUT2D eigenvalue weighted by atomic mass is 16.6. The summed E-state index contributed by atoms with van der Waals surface area (Å²) in [5.41, 5.74) is 1.02. The molecule has 0 radical (unpaired) electrons. The number of carbonyl (C=O) groups is 2. The lowest BCUT2D eigenvalue weighted by atomic mass is 9.89. The van der Waals surface area contributed by atoms with Gasteiger partial charge in [-0.3, -0.25) is 14.6 Å². The standard InChI is InChI=1S/C19H17NO5/c21-15-2-1-3-16(22)18(15)19(23)11-4-5-14-13(8-11)17(6-7-20-14)25-10-12-9-24-12/h4-8,12,23H,1-3,9-10H2. The number of carbonyl (C=O) groups excluding carboxylic acids is 2. The highest BCUT2D eigenvalue weighted by Gasteiger charge is 2.28. The Morgan fingerprint density at radius 1 is 1.24 bits per heavy atom. The van der Waals surface area contributed by atoms with Gasteiger partial charge in [0.1, 0.15) is 29.8 Å². The van der Waals surface area contributed by atoms with Crippen molar-refractivity contribution in [1.82, 2.24) is 4.98 Å². The van der Waals surface area contributed by atoms with Crippen LogP contribution in [0.5, 0.6) is 5.75 Å². The van der Waals surface area contributed by atoms with E-state index in [1.54, 1.807) is 30.5 Å². The van der Waals surface area contributed by atoms with Crippen LogP contribution in [0.2, 0.25) is 0 Å². The molecule has 1 aromatic heterocycles. The number of aliphatic hydroxyl groups is 1. The highest BCUT2D eigenvalue weighted by molar-refractivity contribution is 6.25. The number of ketones is 2. The van der Waals surface area contributed by atoms with Gasteiger partial charge >= 0.3 is 0 Å². The lowest BCUT2D eigenvalue weighted by Gasteiger charge is -2.14. The molecule has 25 heavy (non-hydrogen) atoms. The quantitative estimate of drug-likeness (QED) is 0.399. The lowest BCUT2D eigenvalue weighted by Crippen LogP contribution is -2.20. The van der Waals surface area contributed by atoms with Crippen molar-refractivity contribution < 1.29 is 24.2 Å². The molecule has 128 valence electrons. The van der Waals surface area contributed by atoms with E-state index in [0.717, 1.165) is 0 Å². The third kappa shape index (κ3) is 3.13. The first-order valence-electron chi connectivity index (χ1n) is 8.26. The molecular weight excluding hydrogens is 322 g/mol. The number of nitrogens with zero attached hydrogens (tertiary/aromatic N) is 1. The van der Waals surface area contributed by atoms with E-state index in [1.807, 2.05) is 0 Å². The van der Waals surface area contributed by atoms with Gasteiger partial charge in [-0.2, -0.15) is 0 Å². The van der Waals surface area contributed by atoms with E-state index in [9.17, 15) is 14.7 Å². The summed E-state index contributed by atoms with van der Waals surface area (Å²) in [5.74, 6) is -0.247. The number of rotatable bonds is 4. The molecule has 0 bridgehead atoms. The number of allylic oxidation sites excluding steroid dienone is 1. The van der Waals surface area contributed by atoms with Crippen LogP contribution < -0.4 is 4.74 Å². The van der Waals surface area contributed by atoms with Gasteiger partial charge in [-0.25, -0.2) is 0 Å². The molecule has 1 N–H and O–H groups in total. The molecule has 1 atom stereocenters. The van der Waals surface area contributed by atoms with Crippen molar-refractivity contribution >= 4 is 28.2 Å². The Hall–Kier alpha value is -2.73. The molecule has 4 rings (SSSR count). The van der Waals surface area contributed by atoms with Gasteiger partial charge in [0.25, 0.3) is 0 Å². The van der Waals surface area contributed by atoms with Crippen molar-refractivity contribution in [1.29, 1.82) is 0 Å². The van der Waals surface area contributed by atoms with Crippen LogP contribution in [-0.2, 0) is 14.3 Å². The monoisotopic (exact) mass is 339 g/mol.